The number of nitrogens with zero attached hydrogens (tertiary/aromatic N) is 2. The van der Waals surface area contributed by atoms with Crippen LogP contribution in [-0.4, -0.2) is 49.8 Å². The molecule has 0 N–H and O–H groups in total. The van der Waals surface area contributed by atoms with E-state index >= 15 is 0 Å². The summed E-state index contributed by atoms with van der Waals surface area (Å²) in [4.78, 5) is 6.58. The van der Waals surface area contributed by atoms with E-state index in [9.17, 15) is 0 Å². The fraction of sp³-hybridized carbons (Fsp3) is 0.538. The third-order valence-corrected chi connectivity index (χ3v) is 13.2. The van der Waals surface area contributed by atoms with Gasteiger partial charge in [0, 0.05) is 46.4 Å². The van der Waals surface area contributed by atoms with E-state index in [4.69, 9.17) is 4.43 Å². The number of hydrogen-bond acceptors (Lipinski definition) is 4. The first-order valence-corrected chi connectivity index (χ1v) is 16.1. The highest BCUT2D eigenvalue weighted by Crippen LogP contribution is 2.41. The van der Waals surface area contributed by atoms with Crippen LogP contribution in [0.2, 0.25) is 18.1 Å². The maximum atomic E-state index is 6.68. The van der Waals surface area contributed by atoms with E-state index in [-0.39, 0.29) is 11.1 Å². The minimum absolute atomic E-state index is 0.173. The van der Waals surface area contributed by atoms with Gasteiger partial charge in [-0.05, 0) is 71.7 Å². The lowest BCUT2D eigenvalue weighted by molar-refractivity contribution is 0.0315. The monoisotopic (exact) mass is 534 g/mol. The van der Waals surface area contributed by atoms with Crippen LogP contribution < -0.4 is 4.43 Å². The zero-order chi connectivity index (χ0) is 23.7. The maximum absolute atomic E-state index is 6.68. The molecule has 2 heterocycles. The molecule has 2 aromatic rings. The predicted octanol–water partition coefficient (Wildman–Crippen LogP) is 7.56. The van der Waals surface area contributed by atoms with Gasteiger partial charge in [0.2, 0.25) is 8.32 Å². The van der Waals surface area contributed by atoms with Crippen molar-refractivity contribution in [2.75, 3.05) is 19.6 Å². The molecule has 1 aromatic heterocycles. The van der Waals surface area contributed by atoms with Crippen molar-refractivity contribution >= 4 is 35.6 Å². The van der Waals surface area contributed by atoms with E-state index < -0.39 is 8.32 Å². The normalized spacial score (nSPS) is 22.0. The van der Waals surface area contributed by atoms with Crippen LogP contribution in [0.25, 0.3) is 0 Å². The molecule has 0 radical (unpaired) electrons. The zero-order valence-electron chi connectivity index (χ0n) is 20.7. The van der Waals surface area contributed by atoms with E-state index in [0.29, 0.717) is 12.1 Å². The second-order valence-corrected chi connectivity index (χ2v) is 17.2. The van der Waals surface area contributed by atoms with Crippen molar-refractivity contribution in [1.82, 2.24) is 9.80 Å². The van der Waals surface area contributed by atoms with Gasteiger partial charge in [0.25, 0.3) is 0 Å². The molecule has 0 saturated carbocycles. The minimum Gasteiger partial charge on any atom is -0.543 e. The lowest BCUT2D eigenvalue weighted by Gasteiger charge is -2.47. The molecule has 0 bridgehead atoms. The molecule has 3 atom stereocenters. The molecule has 176 valence electrons. The topological polar surface area (TPSA) is 15.7 Å². The quantitative estimate of drug-likeness (QED) is 0.269. The van der Waals surface area contributed by atoms with Gasteiger partial charge in [-0.1, -0.05) is 39.0 Å². The number of thiophene rings is 1. The number of piperazine rings is 1. The first-order chi connectivity index (χ1) is 14.9. The third-order valence-electron chi connectivity index (χ3n) is 7.07. The molecule has 6 heteroatoms. The largest absolute Gasteiger partial charge is 0.543 e. The zero-order valence-corrected chi connectivity index (χ0v) is 24.1. The fourth-order valence-corrected chi connectivity index (χ4v) is 6.80. The number of benzene rings is 1. The Bertz CT molecular complexity index is 923. The third kappa shape index (κ3) is 5.76. The van der Waals surface area contributed by atoms with Gasteiger partial charge in [0.1, 0.15) is 5.75 Å². The lowest BCUT2D eigenvalue weighted by Crippen LogP contribution is -2.57. The summed E-state index contributed by atoms with van der Waals surface area (Å²) in [6.45, 7) is 23.2. The van der Waals surface area contributed by atoms with Crippen LogP contribution in [-0.2, 0) is 0 Å². The molecule has 0 unspecified atom stereocenters. The summed E-state index contributed by atoms with van der Waals surface area (Å²) >= 11 is 5.52. The molecule has 1 aromatic carbocycles. The predicted molar refractivity (Wildman–Crippen MR) is 146 cm³/mol. The molecule has 0 spiro atoms. The van der Waals surface area contributed by atoms with E-state index in [1.807, 2.05) is 17.4 Å². The molecule has 0 aliphatic carbocycles. The van der Waals surface area contributed by atoms with Crippen molar-refractivity contribution in [3.05, 3.63) is 63.3 Å². The SMILES string of the molecule is C=CCN1C[C@H](C)N([C@H](c2cccc(O[Si](C)(C)C(C)(C)C)c2)c2cc(Br)cs2)C[C@H]1C. The molecule has 1 saturated heterocycles. The molecule has 3 nitrogen and oxygen atoms in total. The molecular formula is C26H39BrN2OSSi. The van der Waals surface area contributed by atoms with Crippen LogP contribution in [0.4, 0.5) is 0 Å². The van der Waals surface area contributed by atoms with E-state index in [1.165, 1.54) is 10.4 Å². The molecule has 0 amide bonds. The smallest absolute Gasteiger partial charge is 0.250 e. The highest BCUT2D eigenvalue weighted by atomic mass is 79.9. The summed E-state index contributed by atoms with van der Waals surface area (Å²) in [7, 11) is -1.90. The van der Waals surface area contributed by atoms with Crippen LogP contribution in [0.15, 0.2) is 52.8 Å². The fourth-order valence-electron chi connectivity index (χ4n) is 4.19. The molecular weight excluding hydrogens is 496 g/mol. The van der Waals surface area contributed by atoms with E-state index in [0.717, 1.165) is 29.9 Å². The summed E-state index contributed by atoms with van der Waals surface area (Å²) in [5.74, 6) is 1.00. The second-order valence-electron chi connectivity index (χ2n) is 10.6. The van der Waals surface area contributed by atoms with Gasteiger partial charge in [-0.3, -0.25) is 9.80 Å². The Balaban J connectivity index is 1.97. The van der Waals surface area contributed by atoms with Crippen molar-refractivity contribution in [3.63, 3.8) is 0 Å². The average molecular weight is 536 g/mol. The summed E-state index contributed by atoms with van der Waals surface area (Å²) in [5, 5.41) is 2.37. The Morgan fingerprint density at radius 1 is 1.22 bits per heavy atom. The Labute approximate surface area is 208 Å². The highest BCUT2D eigenvalue weighted by molar-refractivity contribution is 9.10. The average Bonchev–Trinajstić information content (AvgIpc) is 3.11. The minimum atomic E-state index is -1.90. The summed E-state index contributed by atoms with van der Waals surface area (Å²) in [6, 6.07) is 12.3. The van der Waals surface area contributed by atoms with Gasteiger partial charge in [-0.15, -0.1) is 17.9 Å². The second kappa shape index (κ2) is 10.1. The Hall–Kier alpha value is -0.923. The van der Waals surface area contributed by atoms with Crippen LogP contribution >= 0.6 is 27.3 Å². The maximum Gasteiger partial charge on any atom is 0.250 e. The van der Waals surface area contributed by atoms with Crippen LogP contribution in [0.1, 0.15) is 51.1 Å². The first-order valence-electron chi connectivity index (χ1n) is 11.6. The van der Waals surface area contributed by atoms with E-state index in [2.05, 4.69) is 116 Å². The molecule has 32 heavy (non-hydrogen) atoms. The highest BCUT2D eigenvalue weighted by Gasteiger charge is 2.39. The Morgan fingerprint density at radius 3 is 2.53 bits per heavy atom. The van der Waals surface area contributed by atoms with Gasteiger partial charge in [-0.25, -0.2) is 0 Å². The van der Waals surface area contributed by atoms with Crippen molar-refractivity contribution in [1.29, 1.82) is 0 Å². The Morgan fingerprint density at radius 2 is 1.94 bits per heavy atom. The first kappa shape index (κ1) is 25.7. The van der Waals surface area contributed by atoms with Gasteiger partial charge in [0.05, 0.1) is 6.04 Å². The number of halogens is 1. The lowest BCUT2D eigenvalue weighted by atomic mass is 9.98. The van der Waals surface area contributed by atoms with Crippen LogP contribution in [0, 0.1) is 0 Å². The van der Waals surface area contributed by atoms with Crippen molar-refractivity contribution < 1.29 is 4.43 Å². The standard InChI is InChI=1S/C26H39BrN2OSSi/c1-9-13-28-16-20(3)29(17-19(28)2)25(24-15-22(27)18-31-24)21-11-10-12-23(14-21)30-32(7,8)26(4,5)6/h9-12,14-15,18-20,25H,1,13,16-17H2,2-8H3/t19-,20+,25-/m1/s1. The summed E-state index contributed by atoms with van der Waals surface area (Å²) in [6.07, 6.45) is 2.02. The van der Waals surface area contributed by atoms with E-state index in [1.54, 1.807) is 0 Å². The van der Waals surface area contributed by atoms with Crippen molar-refractivity contribution in [3.8, 4) is 5.75 Å². The van der Waals surface area contributed by atoms with Gasteiger partial charge in [0.15, 0.2) is 0 Å². The van der Waals surface area contributed by atoms with Crippen LogP contribution in [0.5, 0.6) is 5.75 Å². The van der Waals surface area contributed by atoms with Crippen molar-refractivity contribution in [2.24, 2.45) is 0 Å². The Kier molecular flexibility index (Phi) is 8.14. The van der Waals surface area contributed by atoms with Crippen LogP contribution in [0.3, 0.4) is 0 Å². The molecule has 3 rings (SSSR count). The van der Waals surface area contributed by atoms with Crippen molar-refractivity contribution in [2.45, 2.75) is 70.9 Å². The molecule has 1 fully saturated rings. The number of rotatable bonds is 7. The van der Waals surface area contributed by atoms with Gasteiger partial charge in [-0.2, -0.15) is 0 Å². The summed E-state index contributed by atoms with van der Waals surface area (Å²) in [5.41, 5.74) is 1.31. The van der Waals surface area contributed by atoms with Gasteiger partial charge < -0.3 is 4.43 Å². The number of hydrogen-bond donors (Lipinski definition) is 0. The molecule has 1 aliphatic rings. The molecule has 1 aliphatic heterocycles. The van der Waals surface area contributed by atoms with Gasteiger partial charge >= 0.3 is 0 Å². The summed E-state index contributed by atoms with van der Waals surface area (Å²) < 4.78 is 7.83.